The highest BCUT2D eigenvalue weighted by atomic mass is 35.5. The first kappa shape index (κ1) is 17.4. The predicted molar refractivity (Wildman–Crippen MR) is 83.9 cm³/mol. The summed E-state index contributed by atoms with van der Waals surface area (Å²) in [6.07, 6.45) is 0. The van der Waals surface area contributed by atoms with E-state index in [0.29, 0.717) is 17.7 Å². The summed E-state index contributed by atoms with van der Waals surface area (Å²) in [5.74, 6) is -0.705. The van der Waals surface area contributed by atoms with E-state index in [4.69, 9.17) is 5.73 Å². The maximum Gasteiger partial charge on any atom is 0.251 e. The number of hydrogen-bond acceptors (Lipinski definition) is 4. The normalized spacial score (nSPS) is 15.0. The van der Waals surface area contributed by atoms with Crippen LogP contribution in [0, 0.1) is 0 Å². The third-order valence-electron chi connectivity index (χ3n) is 3.33. The number of carbonyl (C=O) groups is 2. The summed E-state index contributed by atoms with van der Waals surface area (Å²) in [7, 11) is 0. The van der Waals surface area contributed by atoms with Gasteiger partial charge in [0, 0.05) is 50.4 Å². The first-order valence-electron chi connectivity index (χ1n) is 6.78. The molecule has 0 saturated carbocycles. The highest BCUT2D eigenvalue weighted by Crippen LogP contribution is 2.04. The largest absolute Gasteiger partial charge is 0.366 e. The molecule has 21 heavy (non-hydrogen) atoms. The number of halogens is 1. The van der Waals surface area contributed by atoms with E-state index in [-0.39, 0.29) is 18.3 Å². The van der Waals surface area contributed by atoms with E-state index in [1.54, 1.807) is 18.2 Å². The Kier molecular flexibility index (Phi) is 7.14. The van der Waals surface area contributed by atoms with Crippen molar-refractivity contribution in [3.63, 3.8) is 0 Å². The van der Waals surface area contributed by atoms with Crippen LogP contribution < -0.4 is 16.4 Å². The molecule has 1 aromatic rings. The Morgan fingerprint density at radius 3 is 2.57 bits per heavy atom. The van der Waals surface area contributed by atoms with Crippen LogP contribution in [0.2, 0.25) is 0 Å². The zero-order chi connectivity index (χ0) is 14.4. The van der Waals surface area contributed by atoms with Crippen molar-refractivity contribution in [2.24, 2.45) is 5.73 Å². The number of carbonyl (C=O) groups excluding carboxylic acids is 2. The van der Waals surface area contributed by atoms with E-state index >= 15 is 0 Å². The lowest BCUT2D eigenvalue weighted by molar-refractivity contribution is 0.0947. The first-order chi connectivity index (χ1) is 9.66. The molecule has 1 saturated heterocycles. The van der Waals surface area contributed by atoms with E-state index in [0.717, 1.165) is 32.7 Å². The van der Waals surface area contributed by atoms with Gasteiger partial charge in [0.2, 0.25) is 5.91 Å². The number of hydrogen-bond donors (Lipinski definition) is 3. The summed E-state index contributed by atoms with van der Waals surface area (Å²) in [4.78, 5) is 25.3. The van der Waals surface area contributed by atoms with Gasteiger partial charge in [0.1, 0.15) is 0 Å². The topological polar surface area (TPSA) is 87.5 Å². The Morgan fingerprint density at radius 2 is 1.90 bits per heavy atom. The van der Waals surface area contributed by atoms with Gasteiger partial charge in [0.15, 0.2) is 0 Å². The van der Waals surface area contributed by atoms with Crippen molar-refractivity contribution in [2.45, 2.75) is 0 Å². The van der Waals surface area contributed by atoms with Crippen LogP contribution in [-0.4, -0.2) is 56.0 Å². The highest BCUT2D eigenvalue weighted by Gasteiger charge is 2.11. The zero-order valence-electron chi connectivity index (χ0n) is 11.8. The second kappa shape index (κ2) is 8.61. The van der Waals surface area contributed by atoms with Gasteiger partial charge in [-0.3, -0.25) is 14.5 Å². The molecule has 2 amide bonds. The summed E-state index contributed by atoms with van der Waals surface area (Å²) >= 11 is 0. The molecule has 0 radical (unpaired) electrons. The third-order valence-corrected chi connectivity index (χ3v) is 3.33. The fraction of sp³-hybridized carbons (Fsp3) is 0.429. The highest BCUT2D eigenvalue weighted by molar-refractivity contribution is 5.99. The summed E-state index contributed by atoms with van der Waals surface area (Å²) in [5, 5.41) is 6.14. The van der Waals surface area contributed by atoms with Crippen LogP contribution in [0.1, 0.15) is 20.7 Å². The molecule has 1 fully saturated rings. The number of amides is 2. The Morgan fingerprint density at radius 1 is 1.24 bits per heavy atom. The molecule has 0 spiro atoms. The fourth-order valence-corrected chi connectivity index (χ4v) is 2.18. The standard InChI is InChI=1S/C14H20N4O2.ClH/c15-13(19)11-2-1-3-12(10-11)14(20)17-6-9-18-7-4-16-5-8-18;/h1-3,10,16H,4-9H2,(H2,15,19)(H,17,20);1H. The van der Waals surface area contributed by atoms with E-state index in [1.807, 2.05) is 0 Å². The molecule has 0 bridgehead atoms. The van der Waals surface area contributed by atoms with Gasteiger partial charge < -0.3 is 16.4 Å². The van der Waals surface area contributed by atoms with Crippen LogP contribution >= 0.6 is 12.4 Å². The molecule has 7 heteroatoms. The number of benzene rings is 1. The van der Waals surface area contributed by atoms with Crippen LogP contribution in [0.5, 0.6) is 0 Å². The number of nitrogens with zero attached hydrogens (tertiary/aromatic N) is 1. The Balaban J connectivity index is 0.00000220. The van der Waals surface area contributed by atoms with Crippen molar-refractivity contribution in [1.82, 2.24) is 15.5 Å². The summed E-state index contributed by atoms with van der Waals surface area (Å²) < 4.78 is 0. The number of rotatable bonds is 5. The van der Waals surface area contributed by atoms with Crippen molar-refractivity contribution in [3.8, 4) is 0 Å². The molecule has 1 aromatic carbocycles. The molecular weight excluding hydrogens is 292 g/mol. The lowest BCUT2D eigenvalue weighted by atomic mass is 10.1. The number of nitrogens with one attached hydrogen (secondary N) is 2. The predicted octanol–water partition coefficient (Wildman–Crippen LogP) is -0.158. The average molecular weight is 313 g/mol. The van der Waals surface area contributed by atoms with E-state index in [9.17, 15) is 9.59 Å². The maximum atomic E-state index is 12.0. The van der Waals surface area contributed by atoms with E-state index < -0.39 is 5.91 Å². The minimum absolute atomic E-state index is 0. The minimum Gasteiger partial charge on any atom is -0.366 e. The quantitative estimate of drug-likeness (QED) is 0.705. The van der Waals surface area contributed by atoms with Gasteiger partial charge in [-0.05, 0) is 18.2 Å². The number of nitrogens with two attached hydrogens (primary N) is 1. The van der Waals surface area contributed by atoms with Gasteiger partial charge in [-0.1, -0.05) is 6.07 Å². The molecule has 1 aliphatic rings. The maximum absolute atomic E-state index is 12.0. The lowest BCUT2D eigenvalue weighted by Gasteiger charge is -2.27. The Labute approximate surface area is 130 Å². The van der Waals surface area contributed by atoms with Gasteiger partial charge in [0.25, 0.3) is 5.91 Å². The number of primary amides is 1. The molecule has 4 N–H and O–H groups in total. The Hall–Kier alpha value is -1.63. The van der Waals surface area contributed by atoms with Gasteiger partial charge in [0.05, 0.1) is 0 Å². The molecular formula is C14H21ClN4O2. The van der Waals surface area contributed by atoms with Gasteiger partial charge in [-0.2, -0.15) is 0 Å². The van der Waals surface area contributed by atoms with Gasteiger partial charge >= 0.3 is 0 Å². The van der Waals surface area contributed by atoms with Gasteiger partial charge in [-0.25, -0.2) is 0 Å². The Bertz CT molecular complexity index is 490. The molecule has 0 atom stereocenters. The first-order valence-corrected chi connectivity index (χ1v) is 6.78. The number of piperazine rings is 1. The molecule has 1 heterocycles. The molecule has 116 valence electrons. The average Bonchev–Trinajstić information content (AvgIpc) is 2.48. The smallest absolute Gasteiger partial charge is 0.251 e. The van der Waals surface area contributed by atoms with Crippen molar-refractivity contribution in [3.05, 3.63) is 35.4 Å². The zero-order valence-corrected chi connectivity index (χ0v) is 12.6. The van der Waals surface area contributed by atoms with Crippen LogP contribution in [0.4, 0.5) is 0 Å². The second-order valence-corrected chi connectivity index (χ2v) is 4.79. The van der Waals surface area contributed by atoms with Crippen LogP contribution in [0.25, 0.3) is 0 Å². The SMILES string of the molecule is Cl.NC(=O)c1cccc(C(=O)NCCN2CCNCC2)c1. The summed E-state index contributed by atoms with van der Waals surface area (Å²) in [6.45, 7) is 5.44. The molecule has 0 aliphatic carbocycles. The monoisotopic (exact) mass is 312 g/mol. The van der Waals surface area contributed by atoms with Crippen molar-refractivity contribution in [1.29, 1.82) is 0 Å². The van der Waals surface area contributed by atoms with E-state index in [2.05, 4.69) is 15.5 Å². The molecule has 2 rings (SSSR count). The van der Waals surface area contributed by atoms with Crippen molar-refractivity contribution in [2.75, 3.05) is 39.3 Å². The lowest BCUT2D eigenvalue weighted by Crippen LogP contribution is -2.46. The molecule has 0 aromatic heterocycles. The van der Waals surface area contributed by atoms with E-state index in [1.165, 1.54) is 6.07 Å². The second-order valence-electron chi connectivity index (χ2n) is 4.79. The summed E-state index contributed by atoms with van der Waals surface area (Å²) in [5.41, 5.74) is 6.00. The van der Waals surface area contributed by atoms with Gasteiger partial charge in [-0.15, -0.1) is 12.4 Å². The van der Waals surface area contributed by atoms with Crippen molar-refractivity contribution < 1.29 is 9.59 Å². The fourth-order valence-electron chi connectivity index (χ4n) is 2.18. The summed E-state index contributed by atoms with van der Waals surface area (Å²) in [6, 6.07) is 6.44. The molecule has 0 unspecified atom stereocenters. The van der Waals surface area contributed by atoms with Crippen LogP contribution in [0.15, 0.2) is 24.3 Å². The molecule has 6 nitrogen and oxygen atoms in total. The van der Waals surface area contributed by atoms with Crippen LogP contribution in [-0.2, 0) is 0 Å². The minimum atomic E-state index is -0.527. The van der Waals surface area contributed by atoms with Crippen molar-refractivity contribution >= 4 is 24.2 Å². The molecule has 1 aliphatic heterocycles. The van der Waals surface area contributed by atoms with Crippen LogP contribution in [0.3, 0.4) is 0 Å². The third kappa shape index (κ3) is 5.34.